The Labute approximate surface area is 107 Å². The number of ether oxygens (including phenoxy) is 2. The molecule has 4 nitrogen and oxygen atoms in total. The summed E-state index contributed by atoms with van der Waals surface area (Å²) < 4.78 is 34.8. The first-order valence-corrected chi connectivity index (χ1v) is 7.24. The molecular weight excluding hydrogens is 252 g/mol. The number of benzene rings is 1. The van der Waals surface area contributed by atoms with Gasteiger partial charge in [0.2, 0.25) is 0 Å². The lowest BCUT2D eigenvalue weighted by Crippen LogP contribution is -2.20. The summed E-state index contributed by atoms with van der Waals surface area (Å²) in [6, 6.07) is 8.29. The first-order valence-electron chi connectivity index (χ1n) is 5.69. The van der Waals surface area contributed by atoms with Crippen LogP contribution in [0.5, 0.6) is 0 Å². The van der Waals surface area contributed by atoms with Gasteiger partial charge in [0, 0.05) is 5.41 Å². The van der Waals surface area contributed by atoms with E-state index in [0.29, 0.717) is 6.61 Å². The number of sulfone groups is 1. The van der Waals surface area contributed by atoms with Crippen LogP contribution in [0.4, 0.5) is 0 Å². The maximum Gasteiger partial charge on any atom is 0.199 e. The van der Waals surface area contributed by atoms with Crippen molar-refractivity contribution in [3.05, 3.63) is 41.8 Å². The Morgan fingerprint density at radius 1 is 1.28 bits per heavy atom. The lowest BCUT2D eigenvalue weighted by Gasteiger charge is -2.15. The van der Waals surface area contributed by atoms with Gasteiger partial charge >= 0.3 is 0 Å². The summed E-state index contributed by atoms with van der Waals surface area (Å²) in [5.74, 6) is -0.647. The van der Waals surface area contributed by atoms with E-state index < -0.39 is 15.6 Å². The quantitative estimate of drug-likeness (QED) is 0.842. The molecule has 1 aliphatic rings. The second-order valence-corrected chi connectivity index (χ2v) is 6.39. The highest BCUT2D eigenvalue weighted by Crippen LogP contribution is 2.23. The monoisotopic (exact) mass is 268 g/mol. The van der Waals surface area contributed by atoms with Gasteiger partial charge in [-0.05, 0) is 32.1 Å². The zero-order valence-corrected chi connectivity index (χ0v) is 11.2. The molecule has 1 aliphatic heterocycles. The molecule has 0 radical (unpaired) electrons. The lowest BCUT2D eigenvalue weighted by atomic mass is 10.4. The third-order valence-corrected chi connectivity index (χ3v) is 4.02. The first kappa shape index (κ1) is 13.3. The van der Waals surface area contributed by atoms with Gasteiger partial charge in [-0.2, -0.15) is 0 Å². The Hall–Kier alpha value is -1.17. The van der Waals surface area contributed by atoms with Gasteiger partial charge in [-0.15, -0.1) is 0 Å². The summed E-state index contributed by atoms with van der Waals surface area (Å²) >= 11 is 0. The Morgan fingerprint density at radius 2 is 1.94 bits per heavy atom. The topological polar surface area (TPSA) is 52.6 Å². The third-order valence-electron chi connectivity index (χ3n) is 2.57. The van der Waals surface area contributed by atoms with Crippen molar-refractivity contribution in [3.63, 3.8) is 0 Å². The highest BCUT2D eigenvalue weighted by atomic mass is 32.2. The molecule has 0 saturated carbocycles. The van der Waals surface area contributed by atoms with Crippen molar-refractivity contribution < 1.29 is 17.9 Å². The predicted octanol–water partition coefficient (Wildman–Crippen LogP) is 2.13. The van der Waals surface area contributed by atoms with E-state index in [1.807, 2.05) is 0 Å². The van der Waals surface area contributed by atoms with Crippen LogP contribution in [-0.4, -0.2) is 26.9 Å². The van der Waals surface area contributed by atoms with Crippen LogP contribution in [0.2, 0.25) is 0 Å². The van der Waals surface area contributed by atoms with Crippen LogP contribution in [0.25, 0.3) is 0 Å². The van der Waals surface area contributed by atoms with E-state index >= 15 is 0 Å². The van der Waals surface area contributed by atoms with E-state index in [1.165, 1.54) is 11.5 Å². The Morgan fingerprint density at radius 3 is 2.50 bits per heavy atom. The second kappa shape index (κ2) is 4.84. The molecule has 0 amide bonds. The standard InChI is InChI=1S/C13H16O4S/c1-13(2)16-10-11(17-13)8-9-18(14,15)12-6-4-3-5-7-12/h3-9,11H,10H2,1-2H3/b9-8-/t11-/m0/s1. The summed E-state index contributed by atoms with van der Waals surface area (Å²) in [5, 5.41) is 1.18. The van der Waals surface area contributed by atoms with Crippen molar-refractivity contribution in [3.8, 4) is 0 Å². The molecule has 1 saturated heterocycles. The SMILES string of the molecule is CC1(C)OC[C@H](/C=C\S(=O)(=O)c2ccccc2)O1. The molecule has 98 valence electrons. The van der Waals surface area contributed by atoms with Crippen molar-refractivity contribution in [2.24, 2.45) is 0 Å². The second-order valence-electron chi connectivity index (χ2n) is 4.55. The fraction of sp³-hybridized carbons (Fsp3) is 0.385. The molecule has 1 atom stereocenters. The highest BCUT2D eigenvalue weighted by molar-refractivity contribution is 7.94. The van der Waals surface area contributed by atoms with Crippen LogP contribution in [0.1, 0.15) is 13.8 Å². The van der Waals surface area contributed by atoms with Crippen molar-refractivity contribution in [1.82, 2.24) is 0 Å². The molecule has 0 N–H and O–H groups in total. The molecule has 1 aromatic carbocycles. The molecule has 2 rings (SSSR count). The van der Waals surface area contributed by atoms with Crippen LogP contribution in [0, 0.1) is 0 Å². The largest absolute Gasteiger partial charge is 0.347 e. The van der Waals surface area contributed by atoms with E-state index in [0.717, 1.165) is 0 Å². The van der Waals surface area contributed by atoms with Crippen molar-refractivity contribution in [2.75, 3.05) is 6.61 Å². The lowest BCUT2D eigenvalue weighted by molar-refractivity contribution is -0.133. The zero-order valence-electron chi connectivity index (χ0n) is 10.4. The van der Waals surface area contributed by atoms with E-state index in [4.69, 9.17) is 9.47 Å². The maximum atomic E-state index is 12.0. The van der Waals surface area contributed by atoms with Gasteiger partial charge in [-0.25, -0.2) is 8.42 Å². The van der Waals surface area contributed by atoms with Crippen molar-refractivity contribution in [2.45, 2.75) is 30.6 Å². The van der Waals surface area contributed by atoms with E-state index in [-0.39, 0.29) is 11.0 Å². The Balaban J connectivity index is 2.10. The van der Waals surface area contributed by atoms with Crippen molar-refractivity contribution >= 4 is 9.84 Å². The van der Waals surface area contributed by atoms with Gasteiger partial charge in [0.25, 0.3) is 0 Å². The normalized spacial score (nSPS) is 23.6. The summed E-state index contributed by atoms with van der Waals surface area (Å²) in [4.78, 5) is 0.277. The van der Waals surface area contributed by atoms with Crippen molar-refractivity contribution in [1.29, 1.82) is 0 Å². The van der Waals surface area contributed by atoms with Gasteiger partial charge in [0.05, 0.1) is 11.5 Å². The van der Waals surface area contributed by atoms with Crippen LogP contribution >= 0.6 is 0 Å². The Kier molecular flexibility index (Phi) is 3.56. The van der Waals surface area contributed by atoms with Gasteiger partial charge in [-0.3, -0.25) is 0 Å². The molecule has 0 unspecified atom stereocenters. The van der Waals surface area contributed by atoms with E-state index in [9.17, 15) is 8.42 Å². The van der Waals surface area contributed by atoms with Gasteiger partial charge in [0.15, 0.2) is 15.6 Å². The minimum Gasteiger partial charge on any atom is -0.347 e. The van der Waals surface area contributed by atoms with Gasteiger partial charge in [-0.1, -0.05) is 18.2 Å². The Bertz CT molecular complexity index is 531. The minimum atomic E-state index is -3.40. The van der Waals surface area contributed by atoms with Gasteiger partial charge < -0.3 is 9.47 Å². The van der Waals surface area contributed by atoms with Gasteiger partial charge in [0.1, 0.15) is 6.10 Å². The molecule has 18 heavy (non-hydrogen) atoms. The fourth-order valence-corrected chi connectivity index (χ4v) is 2.77. The van der Waals surface area contributed by atoms with Crippen LogP contribution < -0.4 is 0 Å². The summed E-state index contributed by atoms with van der Waals surface area (Å²) in [6.07, 6.45) is 1.20. The smallest absolute Gasteiger partial charge is 0.199 e. The molecule has 1 heterocycles. The summed E-state index contributed by atoms with van der Waals surface area (Å²) in [7, 11) is -3.40. The number of rotatable bonds is 3. The molecule has 0 aromatic heterocycles. The molecule has 1 fully saturated rings. The van der Waals surface area contributed by atoms with Crippen LogP contribution in [0.3, 0.4) is 0 Å². The molecule has 0 bridgehead atoms. The number of hydrogen-bond donors (Lipinski definition) is 0. The van der Waals surface area contributed by atoms with E-state index in [2.05, 4.69) is 0 Å². The zero-order chi connectivity index (χ0) is 13.2. The number of hydrogen-bond acceptors (Lipinski definition) is 4. The third kappa shape index (κ3) is 3.19. The highest BCUT2D eigenvalue weighted by Gasteiger charge is 2.31. The van der Waals surface area contributed by atoms with Crippen LogP contribution in [-0.2, 0) is 19.3 Å². The van der Waals surface area contributed by atoms with E-state index in [1.54, 1.807) is 44.2 Å². The predicted molar refractivity (Wildman–Crippen MR) is 67.7 cm³/mol. The average molecular weight is 268 g/mol. The average Bonchev–Trinajstić information content (AvgIpc) is 2.68. The summed E-state index contributed by atoms with van der Waals surface area (Å²) in [5.41, 5.74) is 0. The molecule has 5 heteroatoms. The molecule has 0 aliphatic carbocycles. The minimum absolute atomic E-state index is 0.277. The first-order chi connectivity index (χ1) is 8.39. The fourth-order valence-electron chi connectivity index (χ4n) is 1.69. The molecular formula is C13H16O4S. The summed E-state index contributed by atoms with van der Waals surface area (Å²) in [6.45, 7) is 3.97. The molecule has 1 aromatic rings. The maximum absolute atomic E-state index is 12.0. The molecule has 0 spiro atoms. The van der Waals surface area contributed by atoms with Crippen LogP contribution in [0.15, 0.2) is 46.7 Å².